The van der Waals surface area contributed by atoms with Crippen molar-refractivity contribution in [2.24, 2.45) is 0 Å². The average Bonchev–Trinajstić information content (AvgIpc) is 2.19. The van der Waals surface area contributed by atoms with Crippen molar-refractivity contribution >= 4 is 11.8 Å². The van der Waals surface area contributed by atoms with E-state index in [1.807, 2.05) is 11.8 Å². The van der Waals surface area contributed by atoms with Crippen LogP contribution in [0.5, 0.6) is 0 Å². The summed E-state index contributed by atoms with van der Waals surface area (Å²) in [5.41, 5.74) is 0. The third-order valence-electron chi connectivity index (χ3n) is 2.03. The van der Waals surface area contributed by atoms with E-state index < -0.39 is 0 Å². The molecule has 1 aliphatic rings. The molecule has 2 nitrogen and oxygen atoms in total. The molecule has 1 saturated heterocycles. The number of ether oxygens (including phenoxy) is 1. The quantitative estimate of drug-likeness (QED) is 0.529. The van der Waals surface area contributed by atoms with Crippen molar-refractivity contribution in [2.45, 2.75) is 18.1 Å². The van der Waals surface area contributed by atoms with Crippen LogP contribution in [0, 0.1) is 12.3 Å². The van der Waals surface area contributed by atoms with Gasteiger partial charge in [-0.3, -0.25) is 0 Å². The Balaban J connectivity index is 1.90. The summed E-state index contributed by atoms with van der Waals surface area (Å²) < 4.78 is 5.29. The molecule has 0 aliphatic carbocycles. The molecule has 0 bridgehead atoms. The Hall–Kier alpha value is -0.170. The molecule has 0 spiro atoms. The molecule has 0 atom stereocenters. The SMILES string of the molecule is C#CCNCCSC1CCOCC1. The van der Waals surface area contributed by atoms with Crippen LogP contribution < -0.4 is 5.32 Å². The van der Waals surface area contributed by atoms with Gasteiger partial charge in [0.15, 0.2) is 0 Å². The fourth-order valence-corrected chi connectivity index (χ4v) is 2.42. The Bertz CT molecular complexity index is 161. The second-order valence-corrected chi connectivity index (χ2v) is 4.47. The molecule has 74 valence electrons. The standard InChI is InChI=1S/C10H17NOS/c1-2-5-11-6-9-13-10-3-7-12-8-4-10/h1,10-11H,3-9H2. The number of hydrogen-bond donors (Lipinski definition) is 1. The molecule has 0 aromatic carbocycles. The van der Waals surface area contributed by atoms with E-state index in [0.717, 1.165) is 30.8 Å². The van der Waals surface area contributed by atoms with Gasteiger partial charge in [0.25, 0.3) is 0 Å². The Morgan fingerprint density at radius 2 is 2.23 bits per heavy atom. The van der Waals surface area contributed by atoms with E-state index in [2.05, 4.69) is 11.2 Å². The third-order valence-corrected chi connectivity index (χ3v) is 3.41. The van der Waals surface area contributed by atoms with Gasteiger partial charge in [0, 0.05) is 30.8 Å². The minimum absolute atomic E-state index is 0.689. The molecule has 0 amide bonds. The zero-order valence-electron chi connectivity index (χ0n) is 7.92. The van der Waals surface area contributed by atoms with E-state index >= 15 is 0 Å². The number of thioether (sulfide) groups is 1. The van der Waals surface area contributed by atoms with Gasteiger partial charge in [-0.1, -0.05) is 5.92 Å². The average molecular weight is 199 g/mol. The first-order chi connectivity index (χ1) is 6.43. The molecular formula is C10H17NOS. The van der Waals surface area contributed by atoms with Crippen molar-refractivity contribution in [3.8, 4) is 12.3 Å². The lowest BCUT2D eigenvalue weighted by atomic mass is 10.2. The van der Waals surface area contributed by atoms with E-state index in [1.165, 1.54) is 12.8 Å². The highest BCUT2D eigenvalue weighted by Crippen LogP contribution is 2.21. The van der Waals surface area contributed by atoms with Crippen LogP contribution in [0.3, 0.4) is 0 Å². The van der Waals surface area contributed by atoms with Crippen molar-refractivity contribution < 1.29 is 4.74 Å². The molecule has 0 saturated carbocycles. The van der Waals surface area contributed by atoms with Crippen LogP contribution in [0.2, 0.25) is 0 Å². The number of rotatable bonds is 5. The van der Waals surface area contributed by atoms with Gasteiger partial charge >= 0.3 is 0 Å². The molecule has 1 heterocycles. The molecule has 1 fully saturated rings. The van der Waals surface area contributed by atoms with Crippen molar-refractivity contribution in [3.05, 3.63) is 0 Å². The fraction of sp³-hybridized carbons (Fsp3) is 0.800. The van der Waals surface area contributed by atoms with E-state index in [4.69, 9.17) is 11.2 Å². The van der Waals surface area contributed by atoms with Gasteiger partial charge in [-0.15, -0.1) is 6.42 Å². The van der Waals surface area contributed by atoms with Gasteiger partial charge in [-0.05, 0) is 12.8 Å². The first kappa shape index (κ1) is 10.9. The number of terminal acetylenes is 1. The number of nitrogens with one attached hydrogen (secondary N) is 1. The molecule has 0 unspecified atom stereocenters. The molecule has 13 heavy (non-hydrogen) atoms. The lowest BCUT2D eigenvalue weighted by molar-refractivity contribution is 0.100. The molecule has 0 aromatic heterocycles. The summed E-state index contributed by atoms with van der Waals surface area (Å²) in [7, 11) is 0. The summed E-state index contributed by atoms with van der Waals surface area (Å²) in [6.07, 6.45) is 7.53. The first-order valence-corrected chi connectivity index (χ1v) is 5.82. The van der Waals surface area contributed by atoms with E-state index in [9.17, 15) is 0 Å². The highest BCUT2D eigenvalue weighted by atomic mass is 32.2. The molecule has 1 N–H and O–H groups in total. The maximum absolute atomic E-state index is 5.29. The van der Waals surface area contributed by atoms with Crippen LogP contribution in [-0.2, 0) is 4.74 Å². The summed E-state index contributed by atoms with van der Waals surface area (Å²) in [5.74, 6) is 3.72. The van der Waals surface area contributed by atoms with Crippen molar-refractivity contribution in [2.75, 3.05) is 32.1 Å². The summed E-state index contributed by atoms with van der Waals surface area (Å²) >= 11 is 2.04. The zero-order chi connectivity index (χ0) is 9.36. The maximum atomic E-state index is 5.29. The topological polar surface area (TPSA) is 21.3 Å². The molecule has 1 aliphatic heterocycles. The van der Waals surface area contributed by atoms with Gasteiger partial charge in [-0.2, -0.15) is 11.8 Å². The van der Waals surface area contributed by atoms with Crippen LogP contribution in [0.15, 0.2) is 0 Å². The van der Waals surface area contributed by atoms with E-state index in [1.54, 1.807) is 0 Å². The number of hydrogen-bond acceptors (Lipinski definition) is 3. The van der Waals surface area contributed by atoms with E-state index in [-0.39, 0.29) is 0 Å². The van der Waals surface area contributed by atoms with Crippen LogP contribution in [0.25, 0.3) is 0 Å². The zero-order valence-corrected chi connectivity index (χ0v) is 8.74. The molecule has 3 heteroatoms. The predicted octanol–water partition coefficient (Wildman–Crippen LogP) is 1.12. The molecule has 0 radical (unpaired) electrons. The Morgan fingerprint density at radius 3 is 2.92 bits per heavy atom. The van der Waals surface area contributed by atoms with Gasteiger partial charge in [0.1, 0.15) is 0 Å². The summed E-state index contributed by atoms with van der Waals surface area (Å²) in [5, 5.41) is 3.99. The molecular weight excluding hydrogens is 182 g/mol. The fourth-order valence-electron chi connectivity index (χ4n) is 1.30. The Labute approximate surface area is 84.8 Å². The van der Waals surface area contributed by atoms with Crippen molar-refractivity contribution in [1.82, 2.24) is 5.32 Å². The summed E-state index contributed by atoms with van der Waals surface area (Å²) in [6, 6.07) is 0. The summed E-state index contributed by atoms with van der Waals surface area (Å²) in [6.45, 7) is 3.59. The van der Waals surface area contributed by atoms with Gasteiger partial charge < -0.3 is 10.1 Å². The highest BCUT2D eigenvalue weighted by molar-refractivity contribution is 7.99. The highest BCUT2D eigenvalue weighted by Gasteiger charge is 2.12. The van der Waals surface area contributed by atoms with Gasteiger partial charge in [-0.25, -0.2) is 0 Å². The van der Waals surface area contributed by atoms with Crippen molar-refractivity contribution in [1.29, 1.82) is 0 Å². The smallest absolute Gasteiger partial charge is 0.0574 e. The van der Waals surface area contributed by atoms with Crippen LogP contribution in [0.4, 0.5) is 0 Å². The van der Waals surface area contributed by atoms with Gasteiger partial charge in [0.2, 0.25) is 0 Å². The van der Waals surface area contributed by atoms with Crippen LogP contribution in [-0.4, -0.2) is 37.3 Å². The molecule has 1 rings (SSSR count). The third kappa shape index (κ3) is 5.20. The minimum atomic E-state index is 0.689. The lowest BCUT2D eigenvalue weighted by Gasteiger charge is -2.21. The second kappa shape index (κ2) is 7.25. The molecule has 0 aromatic rings. The summed E-state index contributed by atoms with van der Waals surface area (Å²) in [4.78, 5) is 0. The Morgan fingerprint density at radius 1 is 1.46 bits per heavy atom. The van der Waals surface area contributed by atoms with E-state index in [0.29, 0.717) is 6.54 Å². The maximum Gasteiger partial charge on any atom is 0.0574 e. The predicted molar refractivity (Wildman–Crippen MR) is 58.0 cm³/mol. The monoisotopic (exact) mass is 199 g/mol. The lowest BCUT2D eigenvalue weighted by Crippen LogP contribution is -2.21. The van der Waals surface area contributed by atoms with Crippen LogP contribution >= 0.6 is 11.8 Å². The minimum Gasteiger partial charge on any atom is -0.381 e. The Kier molecular flexibility index (Phi) is 6.09. The largest absolute Gasteiger partial charge is 0.381 e. The second-order valence-electron chi connectivity index (χ2n) is 3.06. The normalized spacial score (nSPS) is 18.4. The first-order valence-electron chi connectivity index (χ1n) is 4.77. The van der Waals surface area contributed by atoms with Gasteiger partial charge in [0.05, 0.1) is 6.54 Å². The van der Waals surface area contributed by atoms with Crippen molar-refractivity contribution in [3.63, 3.8) is 0 Å². The van der Waals surface area contributed by atoms with Crippen LogP contribution in [0.1, 0.15) is 12.8 Å².